The Bertz CT molecular complexity index is 619. The number of amides is 1. The zero-order chi connectivity index (χ0) is 16.1. The monoisotopic (exact) mass is 317 g/mol. The number of nitrogens with zero attached hydrogens (tertiary/aromatic N) is 1. The largest absolute Gasteiger partial charge is 0.495 e. The molecule has 2 rings (SSSR count). The topological polar surface area (TPSA) is 29.5 Å². The molecule has 0 saturated heterocycles. The fourth-order valence-corrected chi connectivity index (χ4v) is 3.46. The summed E-state index contributed by atoms with van der Waals surface area (Å²) in [5, 5.41) is 0. The Kier molecular flexibility index (Phi) is 5.61. The molecule has 0 N–H and O–H groups in total. The molecule has 0 aliphatic rings. The molecule has 0 fully saturated rings. The first-order valence-electron chi connectivity index (χ1n) is 7.59. The summed E-state index contributed by atoms with van der Waals surface area (Å²) in [6, 6.07) is 12.0. The average molecular weight is 317 g/mol. The van der Waals surface area contributed by atoms with Crippen molar-refractivity contribution in [1.29, 1.82) is 0 Å². The van der Waals surface area contributed by atoms with Gasteiger partial charge in [0, 0.05) is 18.0 Å². The van der Waals surface area contributed by atoms with Gasteiger partial charge in [0.25, 0.3) is 5.91 Å². The first-order valence-corrected chi connectivity index (χ1v) is 8.41. The van der Waals surface area contributed by atoms with Crippen LogP contribution < -0.4 is 4.74 Å². The molecule has 2 aromatic rings. The van der Waals surface area contributed by atoms with Crippen molar-refractivity contribution in [2.45, 2.75) is 20.8 Å². The zero-order valence-electron chi connectivity index (χ0n) is 13.6. The molecule has 1 aromatic heterocycles. The van der Waals surface area contributed by atoms with Crippen LogP contribution in [0.25, 0.3) is 10.4 Å². The van der Waals surface area contributed by atoms with E-state index in [1.165, 1.54) is 11.3 Å². The summed E-state index contributed by atoms with van der Waals surface area (Å²) >= 11 is 1.50. The zero-order valence-corrected chi connectivity index (χ0v) is 14.4. The van der Waals surface area contributed by atoms with Crippen LogP contribution >= 0.6 is 11.3 Å². The predicted molar refractivity (Wildman–Crippen MR) is 92.7 cm³/mol. The lowest BCUT2D eigenvalue weighted by Crippen LogP contribution is -2.33. The first kappa shape index (κ1) is 16.6. The number of carbonyl (C=O) groups is 1. The van der Waals surface area contributed by atoms with E-state index in [9.17, 15) is 4.79 Å². The van der Waals surface area contributed by atoms with Crippen LogP contribution in [0, 0.1) is 5.92 Å². The van der Waals surface area contributed by atoms with Crippen molar-refractivity contribution in [3.8, 4) is 16.2 Å². The van der Waals surface area contributed by atoms with Crippen molar-refractivity contribution in [3.63, 3.8) is 0 Å². The van der Waals surface area contributed by atoms with Crippen LogP contribution in [0.5, 0.6) is 5.75 Å². The molecule has 0 aliphatic heterocycles. The number of rotatable bonds is 6. The van der Waals surface area contributed by atoms with Crippen molar-refractivity contribution in [1.82, 2.24) is 4.90 Å². The summed E-state index contributed by atoms with van der Waals surface area (Å²) in [6.07, 6.45) is 0. The van der Waals surface area contributed by atoms with Gasteiger partial charge in [-0.2, -0.15) is 0 Å². The molecule has 0 radical (unpaired) electrons. The summed E-state index contributed by atoms with van der Waals surface area (Å²) < 4.78 is 5.43. The Labute approximate surface area is 136 Å². The summed E-state index contributed by atoms with van der Waals surface area (Å²) in [5.74, 6) is 1.17. The number of hydrogen-bond acceptors (Lipinski definition) is 3. The van der Waals surface area contributed by atoms with Gasteiger partial charge in [-0.05, 0) is 24.5 Å². The number of thiophene rings is 1. The molecule has 0 atom stereocenters. The summed E-state index contributed by atoms with van der Waals surface area (Å²) in [7, 11) is 1.62. The third kappa shape index (κ3) is 3.69. The number of hydrogen-bond donors (Lipinski definition) is 0. The van der Waals surface area contributed by atoms with Gasteiger partial charge in [0.1, 0.15) is 10.6 Å². The Hall–Kier alpha value is -1.81. The minimum atomic E-state index is 0.0558. The van der Waals surface area contributed by atoms with Crippen LogP contribution in [0.1, 0.15) is 30.4 Å². The lowest BCUT2D eigenvalue weighted by molar-refractivity contribution is 0.0747. The maximum absolute atomic E-state index is 12.8. The highest BCUT2D eigenvalue weighted by Gasteiger charge is 2.22. The van der Waals surface area contributed by atoms with Crippen LogP contribution in [0.3, 0.4) is 0 Å². The molecule has 22 heavy (non-hydrogen) atoms. The molecule has 1 heterocycles. The Morgan fingerprint density at radius 1 is 1.27 bits per heavy atom. The first-order chi connectivity index (χ1) is 10.6. The molecular weight excluding hydrogens is 294 g/mol. The highest BCUT2D eigenvalue weighted by molar-refractivity contribution is 7.17. The van der Waals surface area contributed by atoms with Crippen LogP contribution in [-0.2, 0) is 0 Å². The van der Waals surface area contributed by atoms with E-state index in [0.29, 0.717) is 23.1 Å². The standard InChI is InChI=1S/C18H23NO2S/c1-5-19(12-13(2)3)18(20)17-15(21-4)11-16(22-17)14-9-7-6-8-10-14/h6-11,13H,5,12H2,1-4H3. The molecule has 118 valence electrons. The van der Waals surface area contributed by atoms with Crippen LogP contribution in [-0.4, -0.2) is 31.0 Å². The second-order valence-electron chi connectivity index (χ2n) is 5.61. The summed E-state index contributed by atoms with van der Waals surface area (Å²) in [5.41, 5.74) is 1.11. The van der Waals surface area contributed by atoms with Gasteiger partial charge in [-0.3, -0.25) is 4.79 Å². The van der Waals surface area contributed by atoms with Gasteiger partial charge in [0.2, 0.25) is 0 Å². The molecular formula is C18H23NO2S. The van der Waals surface area contributed by atoms with E-state index in [2.05, 4.69) is 13.8 Å². The van der Waals surface area contributed by atoms with Crippen molar-refractivity contribution >= 4 is 17.2 Å². The molecule has 0 unspecified atom stereocenters. The second-order valence-corrected chi connectivity index (χ2v) is 6.66. The minimum Gasteiger partial charge on any atom is -0.495 e. The van der Waals surface area contributed by atoms with Crippen molar-refractivity contribution < 1.29 is 9.53 Å². The van der Waals surface area contributed by atoms with E-state index in [1.807, 2.05) is 48.2 Å². The van der Waals surface area contributed by atoms with Crippen molar-refractivity contribution in [3.05, 3.63) is 41.3 Å². The molecule has 0 bridgehead atoms. The summed E-state index contributed by atoms with van der Waals surface area (Å²) in [4.78, 5) is 16.4. The maximum Gasteiger partial charge on any atom is 0.267 e. The number of carbonyl (C=O) groups excluding carboxylic acids is 1. The van der Waals surface area contributed by atoms with E-state index >= 15 is 0 Å². The molecule has 0 saturated carbocycles. The van der Waals surface area contributed by atoms with Gasteiger partial charge < -0.3 is 9.64 Å². The third-order valence-electron chi connectivity index (χ3n) is 3.42. The highest BCUT2D eigenvalue weighted by Crippen LogP contribution is 2.36. The van der Waals surface area contributed by atoms with Gasteiger partial charge in [0.05, 0.1) is 7.11 Å². The van der Waals surface area contributed by atoms with Gasteiger partial charge in [-0.1, -0.05) is 44.2 Å². The van der Waals surface area contributed by atoms with Gasteiger partial charge in [-0.25, -0.2) is 0 Å². The second kappa shape index (κ2) is 7.45. The van der Waals surface area contributed by atoms with Gasteiger partial charge in [-0.15, -0.1) is 11.3 Å². The fourth-order valence-electron chi connectivity index (χ4n) is 2.36. The molecule has 4 heteroatoms. The molecule has 1 aromatic carbocycles. The lowest BCUT2D eigenvalue weighted by Gasteiger charge is -2.22. The maximum atomic E-state index is 12.8. The molecule has 0 aliphatic carbocycles. The number of methoxy groups -OCH3 is 1. The van der Waals surface area contributed by atoms with E-state index in [-0.39, 0.29) is 5.91 Å². The Morgan fingerprint density at radius 3 is 2.50 bits per heavy atom. The Morgan fingerprint density at radius 2 is 1.95 bits per heavy atom. The van der Waals surface area contributed by atoms with Crippen LogP contribution in [0.4, 0.5) is 0 Å². The smallest absolute Gasteiger partial charge is 0.267 e. The normalized spacial score (nSPS) is 10.8. The van der Waals surface area contributed by atoms with Gasteiger partial charge in [0.15, 0.2) is 0 Å². The number of ether oxygens (including phenoxy) is 1. The predicted octanol–water partition coefficient (Wildman–Crippen LogP) is 4.54. The Balaban J connectivity index is 2.34. The van der Waals surface area contributed by atoms with Gasteiger partial charge >= 0.3 is 0 Å². The molecule has 3 nitrogen and oxygen atoms in total. The minimum absolute atomic E-state index is 0.0558. The van der Waals surface area contributed by atoms with Crippen LogP contribution in [0.2, 0.25) is 0 Å². The van der Waals surface area contributed by atoms with E-state index < -0.39 is 0 Å². The molecule has 1 amide bonds. The molecule has 0 spiro atoms. The van der Waals surface area contributed by atoms with E-state index in [1.54, 1.807) is 7.11 Å². The van der Waals surface area contributed by atoms with Crippen molar-refractivity contribution in [2.24, 2.45) is 5.92 Å². The third-order valence-corrected chi connectivity index (χ3v) is 4.58. The van der Waals surface area contributed by atoms with E-state index in [4.69, 9.17) is 4.74 Å². The average Bonchev–Trinajstić information content (AvgIpc) is 2.97. The SMILES string of the molecule is CCN(CC(C)C)C(=O)c1sc(-c2ccccc2)cc1OC. The highest BCUT2D eigenvalue weighted by atomic mass is 32.1. The fraction of sp³-hybridized carbons (Fsp3) is 0.389. The van der Waals surface area contributed by atoms with Crippen LogP contribution in [0.15, 0.2) is 36.4 Å². The van der Waals surface area contributed by atoms with Crippen molar-refractivity contribution in [2.75, 3.05) is 20.2 Å². The lowest BCUT2D eigenvalue weighted by atomic mass is 10.2. The van der Waals surface area contributed by atoms with E-state index in [0.717, 1.165) is 17.0 Å². The summed E-state index contributed by atoms with van der Waals surface area (Å²) in [6.45, 7) is 7.72. The quantitative estimate of drug-likeness (QED) is 0.782. The number of benzene rings is 1.